The monoisotopic (exact) mass is 308 g/mol. The molecule has 97 valence electrons. The molecule has 0 aliphatic heterocycles. The molecule has 1 heterocycles. The smallest absolute Gasteiger partial charge is 0.133 e. The number of hydrogen-bond acceptors (Lipinski definition) is 1. The van der Waals surface area contributed by atoms with Gasteiger partial charge in [0, 0.05) is 23.1 Å². The highest BCUT2D eigenvalue weighted by molar-refractivity contribution is 9.10. The standard InChI is InChI=1S/C15H19BrNO/c1-5-10(3)17-9-11(6-2)12-7-15(18-4)13(16)8-14(12)17/h7-10H,2,5-6H2,1,3-4H3. The normalized spacial score (nSPS) is 12.9. The first-order chi connectivity index (χ1) is 8.62. The molecule has 0 N–H and O–H groups in total. The molecule has 2 rings (SSSR count). The fourth-order valence-corrected chi connectivity index (χ4v) is 2.73. The Bertz CT molecular complexity index is 559. The van der Waals surface area contributed by atoms with Crippen molar-refractivity contribution in [2.24, 2.45) is 0 Å². The number of ether oxygens (including phenoxy) is 1. The molecule has 1 aromatic carbocycles. The third-order valence-corrected chi connectivity index (χ3v) is 4.14. The lowest BCUT2D eigenvalue weighted by Crippen LogP contribution is -2.01. The number of aromatic nitrogens is 1. The van der Waals surface area contributed by atoms with Crippen LogP contribution in [0.15, 0.2) is 22.8 Å². The summed E-state index contributed by atoms with van der Waals surface area (Å²) in [5.74, 6) is 0.874. The minimum Gasteiger partial charge on any atom is -0.496 e. The van der Waals surface area contributed by atoms with Crippen LogP contribution in [0.25, 0.3) is 10.9 Å². The molecule has 18 heavy (non-hydrogen) atoms. The Morgan fingerprint density at radius 1 is 1.44 bits per heavy atom. The number of fused-ring (bicyclic) bond motifs is 1. The van der Waals surface area contributed by atoms with Gasteiger partial charge in [0.2, 0.25) is 0 Å². The van der Waals surface area contributed by atoms with Crippen LogP contribution in [0.1, 0.15) is 31.9 Å². The van der Waals surface area contributed by atoms with E-state index in [2.05, 4.69) is 59.6 Å². The fourth-order valence-electron chi connectivity index (χ4n) is 2.24. The number of halogens is 1. The molecule has 0 saturated carbocycles. The van der Waals surface area contributed by atoms with Crippen LogP contribution in [0.2, 0.25) is 0 Å². The van der Waals surface area contributed by atoms with Gasteiger partial charge >= 0.3 is 0 Å². The molecule has 2 nitrogen and oxygen atoms in total. The summed E-state index contributed by atoms with van der Waals surface area (Å²) in [6.07, 6.45) is 4.13. The first-order valence-corrected chi connectivity index (χ1v) is 7.07. The van der Waals surface area contributed by atoms with E-state index < -0.39 is 0 Å². The molecule has 0 saturated heterocycles. The highest BCUT2D eigenvalue weighted by Gasteiger charge is 2.13. The Morgan fingerprint density at radius 2 is 2.17 bits per heavy atom. The lowest BCUT2D eigenvalue weighted by molar-refractivity contribution is 0.412. The number of rotatable bonds is 4. The molecule has 0 aliphatic rings. The van der Waals surface area contributed by atoms with Gasteiger partial charge in [-0.25, -0.2) is 0 Å². The summed E-state index contributed by atoms with van der Waals surface area (Å²) in [7, 11) is 1.70. The fraction of sp³-hybridized carbons (Fsp3) is 0.400. The predicted molar refractivity (Wildman–Crippen MR) is 80.3 cm³/mol. The maximum Gasteiger partial charge on any atom is 0.133 e. The molecule has 0 amide bonds. The van der Waals surface area contributed by atoms with Crippen LogP contribution in [0, 0.1) is 6.92 Å². The molecule has 2 aromatic rings. The van der Waals surface area contributed by atoms with Crippen LogP contribution < -0.4 is 4.74 Å². The molecule has 0 aliphatic carbocycles. The summed E-state index contributed by atoms with van der Waals surface area (Å²) in [6.45, 7) is 8.46. The topological polar surface area (TPSA) is 14.2 Å². The van der Waals surface area contributed by atoms with Crippen molar-refractivity contribution in [3.05, 3.63) is 35.3 Å². The zero-order chi connectivity index (χ0) is 13.3. The maximum absolute atomic E-state index is 5.37. The van der Waals surface area contributed by atoms with Crippen molar-refractivity contribution in [2.75, 3.05) is 7.11 Å². The van der Waals surface area contributed by atoms with Crippen molar-refractivity contribution in [2.45, 2.75) is 32.7 Å². The third kappa shape index (κ3) is 2.16. The molecule has 1 atom stereocenters. The average molecular weight is 309 g/mol. The van der Waals surface area contributed by atoms with Crippen LogP contribution in [-0.4, -0.2) is 11.7 Å². The van der Waals surface area contributed by atoms with Gasteiger partial charge in [0.15, 0.2) is 0 Å². The van der Waals surface area contributed by atoms with E-state index >= 15 is 0 Å². The Labute approximate surface area is 117 Å². The van der Waals surface area contributed by atoms with E-state index in [1.54, 1.807) is 7.11 Å². The van der Waals surface area contributed by atoms with Gasteiger partial charge in [-0.1, -0.05) is 6.92 Å². The van der Waals surface area contributed by atoms with Gasteiger partial charge in [-0.05, 0) is 60.3 Å². The molecular formula is C15H19BrNO. The van der Waals surface area contributed by atoms with Crippen molar-refractivity contribution in [3.63, 3.8) is 0 Å². The molecule has 3 heteroatoms. The summed E-state index contributed by atoms with van der Waals surface area (Å²) >= 11 is 3.56. The Balaban J connectivity index is 2.71. The molecule has 1 radical (unpaired) electrons. The second-order valence-electron chi connectivity index (χ2n) is 4.57. The van der Waals surface area contributed by atoms with Crippen LogP contribution >= 0.6 is 15.9 Å². The summed E-state index contributed by atoms with van der Waals surface area (Å²) < 4.78 is 8.70. The minimum atomic E-state index is 0.494. The largest absolute Gasteiger partial charge is 0.496 e. The summed E-state index contributed by atoms with van der Waals surface area (Å²) in [5, 5.41) is 1.24. The van der Waals surface area contributed by atoms with Crippen LogP contribution in [0.3, 0.4) is 0 Å². The van der Waals surface area contributed by atoms with Crippen molar-refractivity contribution in [1.29, 1.82) is 0 Å². The lowest BCUT2D eigenvalue weighted by Gasteiger charge is -2.13. The van der Waals surface area contributed by atoms with E-state index in [0.29, 0.717) is 6.04 Å². The van der Waals surface area contributed by atoms with E-state index in [0.717, 1.165) is 23.1 Å². The van der Waals surface area contributed by atoms with Gasteiger partial charge in [0.1, 0.15) is 5.75 Å². The Kier molecular flexibility index (Phi) is 4.00. The van der Waals surface area contributed by atoms with E-state index in [-0.39, 0.29) is 0 Å². The van der Waals surface area contributed by atoms with Gasteiger partial charge in [-0.2, -0.15) is 0 Å². The second kappa shape index (κ2) is 5.35. The zero-order valence-electron chi connectivity index (χ0n) is 11.2. The Hall–Kier alpha value is -0.960. The van der Waals surface area contributed by atoms with E-state index in [1.165, 1.54) is 16.5 Å². The molecule has 0 fully saturated rings. The lowest BCUT2D eigenvalue weighted by atomic mass is 10.1. The maximum atomic E-state index is 5.37. The van der Waals surface area contributed by atoms with Crippen LogP contribution in [-0.2, 0) is 6.42 Å². The van der Waals surface area contributed by atoms with Crippen molar-refractivity contribution >= 4 is 26.8 Å². The predicted octanol–water partition coefficient (Wildman–Crippen LogP) is 4.76. The highest BCUT2D eigenvalue weighted by atomic mass is 79.9. The quantitative estimate of drug-likeness (QED) is 0.794. The molecule has 1 unspecified atom stereocenters. The zero-order valence-corrected chi connectivity index (χ0v) is 12.8. The Morgan fingerprint density at radius 3 is 2.72 bits per heavy atom. The first kappa shape index (κ1) is 13.5. The molecule has 0 spiro atoms. The highest BCUT2D eigenvalue weighted by Crippen LogP contribution is 2.34. The number of methoxy groups -OCH3 is 1. The number of benzene rings is 1. The number of hydrogen-bond donors (Lipinski definition) is 0. The summed E-state index contributed by atoms with van der Waals surface area (Å²) in [5.41, 5.74) is 2.52. The summed E-state index contributed by atoms with van der Waals surface area (Å²) in [4.78, 5) is 0. The van der Waals surface area contributed by atoms with Crippen molar-refractivity contribution < 1.29 is 4.74 Å². The van der Waals surface area contributed by atoms with Crippen LogP contribution in [0.5, 0.6) is 5.75 Å². The van der Waals surface area contributed by atoms with Gasteiger partial charge in [0.05, 0.1) is 11.6 Å². The molecular weight excluding hydrogens is 290 g/mol. The SMILES string of the molecule is [CH2]Cc1cn(C(C)CC)c2cc(Br)c(OC)cc12. The number of nitrogens with zero attached hydrogens (tertiary/aromatic N) is 1. The molecule has 1 aromatic heterocycles. The van der Waals surface area contributed by atoms with Gasteiger partial charge in [-0.3, -0.25) is 0 Å². The van der Waals surface area contributed by atoms with Crippen LogP contribution in [0.4, 0.5) is 0 Å². The second-order valence-corrected chi connectivity index (χ2v) is 5.43. The van der Waals surface area contributed by atoms with Crippen molar-refractivity contribution in [1.82, 2.24) is 4.57 Å². The van der Waals surface area contributed by atoms with Gasteiger partial charge in [0.25, 0.3) is 0 Å². The van der Waals surface area contributed by atoms with E-state index in [1.807, 2.05) is 0 Å². The third-order valence-electron chi connectivity index (χ3n) is 3.52. The first-order valence-electron chi connectivity index (χ1n) is 6.28. The van der Waals surface area contributed by atoms with Crippen molar-refractivity contribution in [3.8, 4) is 5.75 Å². The summed E-state index contributed by atoms with van der Waals surface area (Å²) in [6, 6.07) is 4.73. The van der Waals surface area contributed by atoms with Gasteiger partial charge < -0.3 is 9.30 Å². The average Bonchev–Trinajstić information content (AvgIpc) is 2.74. The van der Waals surface area contributed by atoms with Gasteiger partial charge in [-0.15, -0.1) is 0 Å². The van der Waals surface area contributed by atoms with E-state index in [9.17, 15) is 0 Å². The minimum absolute atomic E-state index is 0.494. The molecule has 0 bridgehead atoms. The van der Waals surface area contributed by atoms with E-state index in [4.69, 9.17) is 4.74 Å².